The standard InChI is InChI=1S/C20H26N2O2S/c1-17-7-5-6-8-19(17)16-21-15-18-11-13-22(14-12-18)25(23,24)20-9-3-2-4-10-20/h2-10,18,21H,11-16H2,1H3. The fraction of sp³-hybridized carbons (Fsp3) is 0.400. The maximum absolute atomic E-state index is 12.6. The van der Waals surface area contributed by atoms with E-state index >= 15 is 0 Å². The van der Waals surface area contributed by atoms with Gasteiger partial charge in [0.25, 0.3) is 0 Å². The van der Waals surface area contributed by atoms with Crippen molar-refractivity contribution in [2.75, 3.05) is 19.6 Å². The highest BCUT2D eigenvalue weighted by molar-refractivity contribution is 7.89. The third-order valence-corrected chi connectivity index (χ3v) is 6.88. The summed E-state index contributed by atoms with van der Waals surface area (Å²) in [4.78, 5) is 0.395. The van der Waals surface area contributed by atoms with E-state index in [-0.39, 0.29) is 0 Å². The summed E-state index contributed by atoms with van der Waals surface area (Å²) in [5.74, 6) is 0.534. The van der Waals surface area contributed by atoms with Gasteiger partial charge in [-0.1, -0.05) is 42.5 Å². The lowest BCUT2D eigenvalue weighted by Crippen LogP contribution is -2.40. The molecule has 4 nitrogen and oxygen atoms in total. The van der Waals surface area contributed by atoms with Crippen LogP contribution in [0.1, 0.15) is 24.0 Å². The Morgan fingerprint density at radius 1 is 1.00 bits per heavy atom. The minimum absolute atomic E-state index is 0.395. The largest absolute Gasteiger partial charge is 0.312 e. The summed E-state index contributed by atoms with van der Waals surface area (Å²) in [7, 11) is -3.34. The van der Waals surface area contributed by atoms with Crippen LogP contribution in [0, 0.1) is 12.8 Å². The number of rotatable bonds is 6. The van der Waals surface area contributed by atoms with Crippen molar-refractivity contribution in [1.82, 2.24) is 9.62 Å². The van der Waals surface area contributed by atoms with Crippen LogP contribution in [0.25, 0.3) is 0 Å². The molecular formula is C20H26N2O2S. The average Bonchev–Trinajstić information content (AvgIpc) is 2.64. The molecule has 0 atom stereocenters. The van der Waals surface area contributed by atoms with E-state index in [4.69, 9.17) is 0 Å². The smallest absolute Gasteiger partial charge is 0.243 e. The lowest BCUT2D eigenvalue weighted by Gasteiger charge is -2.31. The first-order chi connectivity index (χ1) is 12.1. The fourth-order valence-corrected chi connectivity index (χ4v) is 4.81. The Labute approximate surface area is 150 Å². The van der Waals surface area contributed by atoms with Crippen LogP contribution in [0.5, 0.6) is 0 Å². The molecule has 0 unspecified atom stereocenters. The number of sulfonamides is 1. The summed E-state index contributed by atoms with van der Waals surface area (Å²) in [6, 6.07) is 17.1. The maximum Gasteiger partial charge on any atom is 0.243 e. The van der Waals surface area contributed by atoms with E-state index in [0.29, 0.717) is 23.9 Å². The molecule has 2 aromatic carbocycles. The van der Waals surface area contributed by atoms with Crippen molar-refractivity contribution in [2.45, 2.75) is 31.2 Å². The predicted octanol–water partition coefficient (Wildman–Crippen LogP) is 3.19. The van der Waals surface area contributed by atoms with Crippen LogP contribution in [-0.4, -0.2) is 32.4 Å². The van der Waals surface area contributed by atoms with Gasteiger partial charge in [0.05, 0.1) is 4.90 Å². The van der Waals surface area contributed by atoms with Crippen LogP contribution in [0.3, 0.4) is 0 Å². The van der Waals surface area contributed by atoms with Crippen molar-refractivity contribution in [1.29, 1.82) is 0 Å². The molecule has 1 aliphatic heterocycles. The summed E-state index contributed by atoms with van der Waals surface area (Å²) >= 11 is 0. The third kappa shape index (κ3) is 4.48. The van der Waals surface area contributed by atoms with Gasteiger partial charge in [-0.05, 0) is 55.5 Å². The van der Waals surface area contributed by atoms with Gasteiger partial charge >= 0.3 is 0 Å². The zero-order valence-electron chi connectivity index (χ0n) is 14.7. The van der Waals surface area contributed by atoms with E-state index in [9.17, 15) is 8.42 Å². The molecule has 0 amide bonds. The Morgan fingerprint density at radius 3 is 2.32 bits per heavy atom. The molecule has 3 rings (SSSR count). The molecular weight excluding hydrogens is 332 g/mol. The molecule has 134 valence electrons. The highest BCUT2D eigenvalue weighted by Gasteiger charge is 2.28. The Hall–Kier alpha value is -1.69. The number of nitrogens with one attached hydrogen (secondary N) is 1. The first kappa shape index (κ1) is 18.1. The van der Waals surface area contributed by atoms with Crippen molar-refractivity contribution >= 4 is 10.0 Å². The monoisotopic (exact) mass is 358 g/mol. The van der Waals surface area contributed by atoms with Gasteiger partial charge in [-0.25, -0.2) is 8.42 Å². The SMILES string of the molecule is Cc1ccccc1CNCC1CCN(S(=O)(=O)c2ccccc2)CC1. The first-order valence-electron chi connectivity index (χ1n) is 8.88. The van der Waals surface area contributed by atoms with Gasteiger partial charge in [0, 0.05) is 19.6 Å². The summed E-state index contributed by atoms with van der Waals surface area (Å²) in [6.45, 7) is 5.15. The Balaban J connectivity index is 1.48. The molecule has 5 heteroatoms. The zero-order valence-corrected chi connectivity index (χ0v) is 15.5. The van der Waals surface area contributed by atoms with Crippen LogP contribution < -0.4 is 5.32 Å². The van der Waals surface area contributed by atoms with Gasteiger partial charge in [0.1, 0.15) is 0 Å². The van der Waals surface area contributed by atoms with Crippen LogP contribution in [0.2, 0.25) is 0 Å². The molecule has 1 fully saturated rings. The Kier molecular flexibility index (Phi) is 5.89. The minimum Gasteiger partial charge on any atom is -0.312 e. The van der Waals surface area contributed by atoms with Gasteiger partial charge in [-0.3, -0.25) is 0 Å². The van der Waals surface area contributed by atoms with E-state index < -0.39 is 10.0 Å². The summed E-state index contributed by atoms with van der Waals surface area (Å²) < 4.78 is 26.9. The fourth-order valence-electron chi connectivity index (χ4n) is 3.31. The van der Waals surface area contributed by atoms with E-state index in [1.807, 2.05) is 6.07 Å². The quantitative estimate of drug-likeness (QED) is 0.863. The van der Waals surface area contributed by atoms with Gasteiger partial charge in [0.2, 0.25) is 10.0 Å². The van der Waals surface area contributed by atoms with Crippen LogP contribution in [-0.2, 0) is 16.6 Å². The highest BCUT2D eigenvalue weighted by Crippen LogP contribution is 2.23. The molecule has 0 radical (unpaired) electrons. The Morgan fingerprint density at radius 2 is 1.64 bits per heavy atom. The molecule has 0 bridgehead atoms. The van der Waals surface area contributed by atoms with Crippen LogP contribution >= 0.6 is 0 Å². The van der Waals surface area contributed by atoms with Gasteiger partial charge in [-0.2, -0.15) is 4.31 Å². The molecule has 1 saturated heterocycles. The summed E-state index contributed by atoms with van der Waals surface area (Å²) in [5.41, 5.74) is 2.63. The normalized spacial score (nSPS) is 16.8. The highest BCUT2D eigenvalue weighted by atomic mass is 32.2. The van der Waals surface area contributed by atoms with Gasteiger partial charge in [-0.15, -0.1) is 0 Å². The number of aryl methyl sites for hydroxylation is 1. The second-order valence-electron chi connectivity index (χ2n) is 6.72. The maximum atomic E-state index is 12.6. The molecule has 0 aliphatic carbocycles. The van der Waals surface area contributed by atoms with Crippen molar-refractivity contribution in [3.63, 3.8) is 0 Å². The second kappa shape index (κ2) is 8.13. The second-order valence-corrected chi connectivity index (χ2v) is 8.66. The van der Waals surface area contributed by atoms with Gasteiger partial charge < -0.3 is 5.32 Å². The lowest BCUT2D eigenvalue weighted by molar-refractivity contribution is 0.267. The predicted molar refractivity (Wildman–Crippen MR) is 101 cm³/mol. The summed E-state index contributed by atoms with van der Waals surface area (Å²) in [6.07, 6.45) is 1.82. The first-order valence-corrected chi connectivity index (χ1v) is 10.3. The molecule has 1 N–H and O–H groups in total. The minimum atomic E-state index is -3.34. The molecule has 0 aromatic heterocycles. The number of piperidine rings is 1. The molecule has 1 heterocycles. The van der Waals surface area contributed by atoms with Crippen molar-refractivity contribution < 1.29 is 8.42 Å². The van der Waals surface area contributed by atoms with Gasteiger partial charge in [0.15, 0.2) is 0 Å². The molecule has 0 saturated carbocycles. The van der Waals surface area contributed by atoms with E-state index in [1.54, 1.807) is 28.6 Å². The van der Waals surface area contributed by atoms with Crippen LogP contribution in [0.4, 0.5) is 0 Å². The van der Waals surface area contributed by atoms with E-state index in [0.717, 1.165) is 25.9 Å². The molecule has 0 spiro atoms. The third-order valence-electron chi connectivity index (χ3n) is 4.96. The lowest BCUT2D eigenvalue weighted by atomic mass is 9.98. The van der Waals surface area contributed by atoms with Crippen molar-refractivity contribution in [3.8, 4) is 0 Å². The number of benzene rings is 2. The Bertz CT molecular complexity index is 782. The number of hydrogen-bond acceptors (Lipinski definition) is 3. The zero-order chi connectivity index (χ0) is 17.7. The molecule has 2 aromatic rings. The summed E-state index contributed by atoms with van der Waals surface area (Å²) in [5, 5.41) is 3.53. The van der Waals surface area contributed by atoms with Crippen LogP contribution in [0.15, 0.2) is 59.5 Å². The number of nitrogens with zero attached hydrogens (tertiary/aromatic N) is 1. The van der Waals surface area contributed by atoms with Crippen molar-refractivity contribution in [2.24, 2.45) is 5.92 Å². The topological polar surface area (TPSA) is 49.4 Å². The molecule has 25 heavy (non-hydrogen) atoms. The number of hydrogen-bond donors (Lipinski definition) is 1. The van der Waals surface area contributed by atoms with E-state index in [2.05, 4.69) is 36.5 Å². The molecule has 1 aliphatic rings. The van der Waals surface area contributed by atoms with Crippen molar-refractivity contribution in [3.05, 3.63) is 65.7 Å². The average molecular weight is 359 g/mol. The van der Waals surface area contributed by atoms with E-state index in [1.165, 1.54) is 11.1 Å².